The number of rotatable bonds is 6. The fourth-order valence-electron chi connectivity index (χ4n) is 10.4. The van der Waals surface area contributed by atoms with E-state index in [9.17, 15) is 14.4 Å². The fraction of sp³-hybridized carbons (Fsp3) is 0.316. The molecular weight excluding hydrogens is 901 g/mol. The molecule has 3 saturated heterocycles. The highest BCUT2D eigenvalue weighted by Crippen LogP contribution is 2.31. The molecule has 6 aromatic rings. The van der Waals surface area contributed by atoms with Crippen LogP contribution in [-0.2, 0) is 39.3 Å². The molecule has 0 aromatic heterocycles. The van der Waals surface area contributed by atoms with E-state index in [-0.39, 0.29) is 18.1 Å². The van der Waals surface area contributed by atoms with Crippen molar-refractivity contribution in [2.24, 2.45) is 0 Å². The molecule has 0 spiro atoms. The summed E-state index contributed by atoms with van der Waals surface area (Å²) in [5, 5.41) is 19.0. The Hall–Kier alpha value is -7.11. The number of para-hydroxylation sites is 6. The Morgan fingerprint density at radius 1 is 0.250 bits per heavy atom. The Morgan fingerprint density at radius 2 is 0.444 bits per heavy atom. The molecule has 3 fully saturated rings. The first-order valence-electron chi connectivity index (χ1n) is 25.4. The van der Waals surface area contributed by atoms with Crippen molar-refractivity contribution >= 4 is 52.2 Å². The number of fused-ring (bicyclic) bond motifs is 3. The standard InChI is InChI=1S/C57H66N12O3/c70-55(58-49-19-4-1-5-20-49)61-52-43-13-10-14-44(52)38-65-27-31-67(32-28-65)40-46-16-12-18-48(54(46)63-57(72)60-51-23-8-3-9-24-51)42-69-35-33-68(34-36-69)41-47-17-11-15-45(39-66-29-25-64(37-43)26-30-66)53(47)62-56(71)59-50-21-6-2-7-22-50/h1-24H,25-42H2,(H2,58,61,70)(H2,59,62,71)(H2,60,63,72). The van der Waals surface area contributed by atoms with Crippen molar-refractivity contribution in [2.45, 2.75) is 39.3 Å². The molecule has 0 atom stereocenters. The fourth-order valence-corrected chi connectivity index (χ4v) is 10.4. The van der Waals surface area contributed by atoms with E-state index in [2.05, 4.69) is 116 Å². The number of amides is 6. The molecule has 13 rings (SSSR count). The van der Waals surface area contributed by atoms with Gasteiger partial charge in [-0.3, -0.25) is 29.4 Å². The SMILES string of the molecule is O=C(Nc1ccccc1)Nc1c2cccc1CN1CCN(CC1)Cc1cccc(c1NC(=O)Nc1ccccc1)CN1CCN(CC1)Cc1cccc(c1NC(=O)Nc1ccccc1)CN1CCN(CC1)C2. The zero-order valence-electron chi connectivity index (χ0n) is 41.0. The van der Waals surface area contributed by atoms with Gasteiger partial charge in [0.2, 0.25) is 0 Å². The third kappa shape index (κ3) is 12.9. The van der Waals surface area contributed by atoms with Crippen LogP contribution >= 0.6 is 0 Å². The van der Waals surface area contributed by atoms with Crippen molar-refractivity contribution < 1.29 is 14.4 Å². The van der Waals surface area contributed by atoms with Crippen LogP contribution in [0.1, 0.15) is 33.4 Å². The minimum Gasteiger partial charge on any atom is -0.308 e. The maximum absolute atomic E-state index is 13.7. The number of hydrogen-bond donors (Lipinski definition) is 6. The molecule has 7 aliphatic rings. The minimum absolute atomic E-state index is 0.269. The Balaban J connectivity index is 0.938. The number of anilines is 6. The lowest BCUT2D eigenvalue weighted by Crippen LogP contribution is -2.46. The van der Waals surface area contributed by atoms with E-state index in [1.807, 2.05) is 91.0 Å². The van der Waals surface area contributed by atoms with Gasteiger partial charge in [-0.1, -0.05) is 109 Å². The highest BCUT2D eigenvalue weighted by atomic mass is 16.2. The van der Waals surface area contributed by atoms with Crippen molar-refractivity contribution in [2.75, 3.05) is 110 Å². The van der Waals surface area contributed by atoms with Gasteiger partial charge >= 0.3 is 18.1 Å². The molecule has 6 amide bonds. The molecule has 15 heteroatoms. The smallest absolute Gasteiger partial charge is 0.308 e. The molecule has 72 heavy (non-hydrogen) atoms. The zero-order valence-corrected chi connectivity index (χ0v) is 41.0. The highest BCUT2D eigenvalue weighted by molar-refractivity contribution is 6.02. The predicted molar refractivity (Wildman–Crippen MR) is 288 cm³/mol. The number of carbonyl (C=O) groups is 3. The second kappa shape index (κ2) is 23.4. The monoisotopic (exact) mass is 967 g/mol. The number of benzene rings is 6. The zero-order chi connectivity index (χ0) is 49.1. The number of nitrogens with one attached hydrogen (secondary N) is 6. The predicted octanol–water partition coefficient (Wildman–Crippen LogP) is 8.89. The summed E-state index contributed by atoms with van der Waals surface area (Å²) in [6.07, 6.45) is 0. The Kier molecular flexibility index (Phi) is 15.8. The normalized spacial score (nSPS) is 22.2. The Morgan fingerprint density at radius 3 is 0.639 bits per heavy atom. The van der Waals surface area contributed by atoms with Gasteiger partial charge in [0, 0.05) is 135 Å². The van der Waals surface area contributed by atoms with E-state index in [1.165, 1.54) is 0 Å². The second-order valence-electron chi connectivity index (χ2n) is 19.3. The van der Waals surface area contributed by atoms with Gasteiger partial charge in [-0.05, 0) is 69.8 Å². The quantitative estimate of drug-likeness (QED) is 0.0966. The third-order valence-electron chi connectivity index (χ3n) is 14.3. The van der Waals surface area contributed by atoms with Crippen LogP contribution in [0.15, 0.2) is 146 Å². The lowest BCUT2D eigenvalue weighted by atomic mass is 10.0. The van der Waals surface area contributed by atoms with Gasteiger partial charge in [-0.15, -0.1) is 0 Å². The second-order valence-corrected chi connectivity index (χ2v) is 19.3. The van der Waals surface area contributed by atoms with Crippen LogP contribution in [-0.4, -0.2) is 126 Å². The van der Waals surface area contributed by atoms with Gasteiger partial charge < -0.3 is 31.9 Å². The third-order valence-corrected chi connectivity index (χ3v) is 14.3. The largest absolute Gasteiger partial charge is 0.323 e. The molecule has 7 aliphatic heterocycles. The molecule has 0 unspecified atom stereocenters. The average Bonchev–Trinajstić information content (AvgIpc) is 3.39. The Labute approximate surface area is 423 Å². The molecule has 6 aromatic carbocycles. The molecule has 6 N–H and O–H groups in total. The molecule has 372 valence electrons. The molecular formula is C57H66N12O3. The van der Waals surface area contributed by atoms with Crippen molar-refractivity contribution in [1.29, 1.82) is 0 Å². The van der Waals surface area contributed by atoms with Crippen molar-refractivity contribution in [3.8, 4) is 0 Å². The first-order valence-corrected chi connectivity index (χ1v) is 25.4. The van der Waals surface area contributed by atoms with Crippen LogP contribution in [0.25, 0.3) is 0 Å². The maximum atomic E-state index is 13.7. The number of piperazine rings is 3. The van der Waals surface area contributed by atoms with Crippen molar-refractivity contribution in [3.05, 3.63) is 179 Å². The molecule has 12 bridgehead atoms. The lowest BCUT2D eigenvalue weighted by Gasteiger charge is -2.36. The van der Waals surface area contributed by atoms with Crippen LogP contribution in [0.4, 0.5) is 48.5 Å². The van der Waals surface area contributed by atoms with Crippen LogP contribution in [0.5, 0.6) is 0 Å². The summed E-state index contributed by atoms with van der Waals surface area (Å²) in [5.41, 5.74) is 11.3. The number of hydrogen-bond acceptors (Lipinski definition) is 9. The summed E-state index contributed by atoms with van der Waals surface area (Å²) in [4.78, 5) is 56.0. The molecule has 0 aliphatic carbocycles. The van der Waals surface area contributed by atoms with Gasteiger partial charge in [-0.25, -0.2) is 14.4 Å². The summed E-state index contributed by atoms with van der Waals surface area (Å²) in [5.74, 6) is 0. The van der Waals surface area contributed by atoms with E-state index >= 15 is 0 Å². The number of carbonyl (C=O) groups excluding carboxylic acids is 3. The first-order chi connectivity index (χ1) is 35.3. The summed E-state index contributed by atoms with van der Waals surface area (Å²) < 4.78 is 0. The summed E-state index contributed by atoms with van der Waals surface area (Å²) in [7, 11) is 0. The summed E-state index contributed by atoms with van der Waals surface area (Å²) >= 11 is 0. The van der Waals surface area contributed by atoms with E-state index in [4.69, 9.17) is 0 Å². The average molecular weight is 967 g/mol. The van der Waals surface area contributed by atoms with E-state index in [1.54, 1.807) is 0 Å². The Bertz CT molecular complexity index is 2380. The molecule has 0 radical (unpaired) electrons. The van der Waals surface area contributed by atoms with Crippen molar-refractivity contribution in [1.82, 2.24) is 29.4 Å². The minimum atomic E-state index is -0.269. The number of nitrogens with zero attached hydrogens (tertiary/aromatic N) is 6. The molecule has 7 heterocycles. The van der Waals surface area contributed by atoms with Crippen molar-refractivity contribution in [3.63, 3.8) is 0 Å². The van der Waals surface area contributed by atoms with Crippen LogP contribution < -0.4 is 31.9 Å². The maximum Gasteiger partial charge on any atom is 0.323 e. The molecule has 15 nitrogen and oxygen atoms in total. The van der Waals surface area contributed by atoms with E-state index < -0.39 is 0 Å². The van der Waals surface area contributed by atoms with Crippen LogP contribution in [0.3, 0.4) is 0 Å². The number of urea groups is 3. The van der Waals surface area contributed by atoms with Crippen LogP contribution in [0.2, 0.25) is 0 Å². The first kappa shape index (κ1) is 48.5. The molecule has 0 saturated carbocycles. The van der Waals surface area contributed by atoms with Gasteiger partial charge in [0.1, 0.15) is 0 Å². The van der Waals surface area contributed by atoms with Gasteiger partial charge in [-0.2, -0.15) is 0 Å². The van der Waals surface area contributed by atoms with E-state index in [0.29, 0.717) is 39.3 Å². The highest BCUT2D eigenvalue weighted by Gasteiger charge is 2.27. The van der Waals surface area contributed by atoms with Gasteiger partial charge in [0.05, 0.1) is 17.1 Å². The topological polar surface area (TPSA) is 143 Å². The lowest BCUT2D eigenvalue weighted by molar-refractivity contribution is 0.121. The summed E-state index contributed by atoms with van der Waals surface area (Å²) in [6, 6.07) is 47.1. The van der Waals surface area contributed by atoms with Gasteiger partial charge in [0.15, 0.2) is 0 Å². The van der Waals surface area contributed by atoms with E-state index in [0.717, 1.165) is 146 Å². The van der Waals surface area contributed by atoms with Crippen LogP contribution in [0, 0.1) is 0 Å². The van der Waals surface area contributed by atoms with Gasteiger partial charge in [0.25, 0.3) is 0 Å². The summed E-state index contributed by atoms with van der Waals surface area (Å²) in [6.45, 7) is 14.5.